The van der Waals surface area contributed by atoms with Crippen LogP contribution in [0.3, 0.4) is 0 Å². The average molecular weight is 453 g/mol. The van der Waals surface area contributed by atoms with E-state index in [2.05, 4.69) is 31.4 Å². The number of hydrogen-bond acceptors (Lipinski definition) is 3. The van der Waals surface area contributed by atoms with Gasteiger partial charge in [-0.15, -0.1) is 11.8 Å². The number of benzene rings is 3. The molecule has 160 valence electrons. The zero-order chi connectivity index (χ0) is 22.4. The van der Waals surface area contributed by atoms with E-state index in [4.69, 9.17) is 11.6 Å². The number of carbonyl (C=O) groups is 2. The first-order chi connectivity index (χ1) is 14.7. The summed E-state index contributed by atoms with van der Waals surface area (Å²) in [5, 5.41) is 6.41. The van der Waals surface area contributed by atoms with Gasteiger partial charge in [0.15, 0.2) is 0 Å². The van der Waals surface area contributed by atoms with Crippen molar-refractivity contribution in [2.45, 2.75) is 31.1 Å². The molecule has 6 heteroatoms. The molecule has 31 heavy (non-hydrogen) atoms. The van der Waals surface area contributed by atoms with E-state index in [-0.39, 0.29) is 17.2 Å². The van der Waals surface area contributed by atoms with Crippen LogP contribution < -0.4 is 10.6 Å². The highest BCUT2D eigenvalue weighted by molar-refractivity contribution is 8.00. The van der Waals surface area contributed by atoms with Gasteiger partial charge < -0.3 is 10.6 Å². The van der Waals surface area contributed by atoms with Gasteiger partial charge in [-0.3, -0.25) is 9.59 Å². The first kappa shape index (κ1) is 22.9. The molecule has 2 N–H and O–H groups in total. The molecule has 0 saturated carbocycles. The lowest BCUT2D eigenvalue weighted by molar-refractivity contribution is -0.113. The summed E-state index contributed by atoms with van der Waals surface area (Å²) in [6, 6.07) is 22.1. The number of rotatable bonds is 6. The Kier molecular flexibility index (Phi) is 7.42. The average Bonchev–Trinajstić information content (AvgIpc) is 2.74. The van der Waals surface area contributed by atoms with Crippen molar-refractivity contribution in [3.63, 3.8) is 0 Å². The van der Waals surface area contributed by atoms with Crippen LogP contribution in [0.4, 0.5) is 11.4 Å². The maximum atomic E-state index is 12.5. The molecule has 0 aliphatic rings. The molecule has 0 spiro atoms. The first-order valence-corrected chi connectivity index (χ1v) is 11.3. The molecule has 3 rings (SSSR count). The van der Waals surface area contributed by atoms with Gasteiger partial charge in [-0.25, -0.2) is 0 Å². The van der Waals surface area contributed by atoms with Crippen molar-refractivity contribution in [2.75, 3.05) is 16.4 Å². The zero-order valence-corrected chi connectivity index (χ0v) is 19.3. The summed E-state index contributed by atoms with van der Waals surface area (Å²) in [6.07, 6.45) is 0. The third-order valence-corrected chi connectivity index (χ3v) is 5.89. The van der Waals surface area contributed by atoms with Crippen LogP contribution in [-0.2, 0) is 10.2 Å². The molecule has 0 bridgehead atoms. The molecule has 0 aromatic heterocycles. The summed E-state index contributed by atoms with van der Waals surface area (Å²) in [5.41, 5.74) is 3.17. The van der Waals surface area contributed by atoms with Crippen LogP contribution in [0, 0.1) is 0 Å². The van der Waals surface area contributed by atoms with E-state index in [1.54, 1.807) is 36.4 Å². The van der Waals surface area contributed by atoms with Crippen LogP contribution in [0.5, 0.6) is 0 Å². The third kappa shape index (κ3) is 6.88. The predicted molar refractivity (Wildman–Crippen MR) is 130 cm³/mol. The van der Waals surface area contributed by atoms with E-state index in [1.165, 1.54) is 17.3 Å². The van der Waals surface area contributed by atoms with Gasteiger partial charge in [0.2, 0.25) is 5.91 Å². The maximum absolute atomic E-state index is 12.5. The Hall–Kier alpha value is -2.76. The van der Waals surface area contributed by atoms with Crippen molar-refractivity contribution in [1.82, 2.24) is 0 Å². The minimum atomic E-state index is -0.170. The first-order valence-electron chi connectivity index (χ1n) is 9.91. The van der Waals surface area contributed by atoms with Crippen LogP contribution in [0.15, 0.2) is 77.7 Å². The van der Waals surface area contributed by atoms with Gasteiger partial charge in [0.05, 0.1) is 5.75 Å². The van der Waals surface area contributed by atoms with Gasteiger partial charge in [-0.05, 0) is 71.6 Å². The largest absolute Gasteiger partial charge is 0.325 e. The Balaban J connectivity index is 1.51. The Morgan fingerprint density at radius 2 is 1.35 bits per heavy atom. The fraction of sp³-hybridized carbons (Fsp3) is 0.200. The molecule has 3 aromatic carbocycles. The highest BCUT2D eigenvalue weighted by Crippen LogP contribution is 2.23. The van der Waals surface area contributed by atoms with Gasteiger partial charge in [0, 0.05) is 26.9 Å². The van der Waals surface area contributed by atoms with Gasteiger partial charge in [0.1, 0.15) is 0 Å². The van der Waals surface area contributed by atoms with Crippen LogP contribution in [-0.4, -0.2) is 17.6 Å². The molecule has 0 saturated heterocycles. The van der Waals surface area contributed by atoms with E-state index in [9.17, 15) is 9.59 Å². The lowest BCUT2D eigenvalue weighted by atomic mass is 9.87. The molecular formula is C25H25ClN2O2S. The monoisotopic (exact) mass is 452 g/mol. The number of carbonyl (C=O) groups excluding carboxylic acids is 2. The second kappa shape index (κ2) is 10.0. The third-order valence-electron chi connectivity index (χ3n) is 4.62. The highest BCUT2D eigenvalue weighted by atomic mass is 35.5. The molecule has 0 aliphatic heterocycles. The number of nitrogens with one attached hydrogen (secondary N) is 2. The lowest BCUT2D eigenvalue weighted by Gasteiger charge is -2.19. The van der Waals surface area contributed by atoms with Crippen molar-refractivity contribution in [1.29, 1.82) is 0 Å². The fourth-order valence-corrected chi connectivity index (χ4v) is 3.66. The Morgan fingerprint density at radius 3 is 1.90 bits per heavy atom. The minimum absolute atomic E-state index is 0.0442. The molecular weight excluding hydrogens is 428 g/mol. The van der Waals surface area contributed by atoms with Gasteiger partial charge in [-0.2, -0.15) is 0 Å². The smallest absolute Gasteiger partial charge is 0.255 e. The summed E-state index contributed by atoms with van der Waals surface area (Å²) < 4.78 is 0. The summed E-state index contributed by atoms with van der Waals surface area (Å²) in [5.74, 6) is 0.0253. The van der Waals surface area contributed by atoms with E-state index in [1.807, 2.05) is 36.4 Å². The van der Waals surface area contributed by atoms with E-state index < -0.39 is 0 Å². The summed E-state index contributed by atoms with van der Waals surface area (Å²) in [7, 11) is 0. The lowest BCUT2D eigenvalue weighted by Crippen LogP contribution is -2.15. The molecule has 2 amide bonds. The molecule has 0 fully saturated rings. The molecule has 0 aliphatic carbocycles. The van der Waals surface area contributed by atoms with Crippen molar-refractivity contribution in [3.8, 4) is 0 Å². The van der Waals surface area contributed by atoms with Crippen LogP contribution >= 0.6 is 23.4 Å². The summed E-state index contributed by atoms with van der Waals surface area (Å²) in [6.45, 7) is 6.41. The van der Waals surface area contributed by atoms with Crippen molar-refractivity contribution in [3.05, 3.63) is 88.9 Å². The molecule has 0 heterocycles. The second-order valence-electron chi connectivity index (χ2n) is 8.15. The van der Waals surface area contributed by atoms with E-state index in [0.717, 1.165) is 4.90 Å². The Morgan fingerprint density at radius 1 is 0.806 bits per heavy atom. The predicted octanol–water partition coefficient (Wildman–Crippen LogP) is 6.62. The van der Waals surface area contributed by atoms with Crippen LogP contribution in [0.2, 0.25) is 5.02 Å². The van der Waals surface area contributed by atoms with E-state index in [0.29, 0.717) is 27.7 Å². The molecule has 4 nitrogen and oxygen atoms in total. The van der Waals surface area contributed by atoms with Crippen molar-refractivity contribution < 1.29 is 9.59 Å². The molecule has 0 atom stereocenters. The zero-order valence-electron chi connectivity index (χ0n) is 17.7. The summed E-state index contributed by atoms with van der Waals surface area (Å²) >= 11 is 7.31. The van der Waals surface area contributed by atoms with Gasteiger partial charge in [0.25, 0.3) is 5.91 Å². The number of halogens is 1. The molecule has 3 aromatic rings. The Bertz CT molecular complexity index is 1040. The van der Waals surface area contributed by atoms with Gasteiger partial charge in [-0.1, -0.05) is 44.5 Å². The number of amides is 2. The van der Waals surface area contributed by atoms with Crippen LogP contribution in [0.1, 0.15) is 36.7 Å². The highest BCUT2D eigenvalue weighted by Gasteiger charge is 2.14. The summed E-state index contributed by atoms with van der Waals surface area (Å²) in [4.78, 5) is 25.6. The standard InChI is InChI=1S/C25H25ClN2O2S/c1-25(2,3)18-6-4-17(5-7-18)24(30)28-21-12-10-20(11-13-21)27-23(29)16-31-22-14-8-19(26)9-15-22/h4-15H,16H2,1-3H3,(H,27,29)(H,28,30). The van der Waals surface area contributed by atoms with Crippen molar-refractivity contribution >= 4 is 46.6 Å². The fourth-order valence-electron chi connectivity index (χ4n) is 2.84. The number of hydrogen-bond donors (Lipinski definition) is 2. The molecule has 0 radical (unpaired) electrons. The van der Waals surface area contributed by atoms with Gasteiger partial charge >= 0.3 is 0 Å². The number of anilines is 2. The Labute approximate surface area is 192 Å². The molecule has 0 unspecified atom stereocenters. The SMILES string of the molecule is CC(C)(C)c1ccc(C(=O)Nc2ccc(NC(=O)CSc3ccc(Cl)cc3)cc2)cc1. The normalized spacial score (nSPS) is 11.1. The number of thioether (sulfide) groups is 1. The topological polar surface area (TPSA) is 58.2 Å². The quantitative estimate of drug-likeness (QED) is 0.413. The van der Waals surface area contributed by atoms with E-state index >= 15 is 0 Å². The maximum Gasteiger partial charge on any atom is 0.255 e. The minimum Gasteiger partial charge on any atom is -0.325 e. The van der Waals surface area contributed by atoms with Crippen molar-refractivity contribution in [2.24, 2.45) is 0 Å². The van der Waals surface area contributed by atoms with Crippen LogP contribution in [0.25, 0.3) is 0 Å². The second-order valence-corrected chi connectivity index (χ2v) is 9.63.